The lowest BCUT2D eigenvalue weighted by Gasteiger charge is -2.12. The summed E-state index contributed by atoms with van der Waals surface area (Å²) < 4.78 is 7.43. The summed E-state index contributed by atoms with van der Waals surface area (Å²) in [6, 6.07) is 13.3. The Hall–Kier alpha value is -3.20. The maximum atomic E-state index is 9.34. The molecule has 2 aromatic heterocycles. The van der Waals surface area contributed by atoms with E-state index in [4.69, 9.17) is 4.74 Å². The van der Waals surface area contributed by atoms with Crippen molar-refractivity contribution in [3.8, 4) is 28.8 Å². The highest BCUT2D eigenvalue weighted by atomic mass is 16.5. The molecule has 114 valence electrons. The number of pyridine rings is 1. The van der Waals surface area contributed by atoms with Crippen molar-refractivity contribution in [1.29, 1.82) is 5.26 Å². The molecule has 0 fully saturated rings. The molecule has 3 rings (SSSR count). The molecule has 0 bridgehead atoms. The minimum Gasteiger partial charge on any atom is -0.491 e. The van der Waals surface area contributed by atoms with Gasteiger partial charge in [0.05, 0.1) is 6.61 Å². The fourth-order valence-electron chi connectivity index (χ4n) is 2.26. The normalized spacial score (nSPS) is 10.3. The lowest BCUT2D eigenvalue weighted by Crippen LogP contribution is -2.04. The molecule has 0 amide bonds. The average Bonchev–Trinajstić information content (AvgIpc) is 3.04. The van der Waals surface area contributed by atoms with Gasteiger partial charge in [0.25, 0.3) is 0 Å². The summed E-state index contributed by atoms with van der Waals surface area (Å²) in [5.41, 5.74) is 2.47. The molecule has 0 saturated carbocycles. The quantitative estimate of drug-likeness (QED) is 0.724. The predicted octanol–water partition coefficient (Wildman–Crippen LogP) is 2.99. The summed E-state index contributed by atoms with van der Waals surface area (Å²) in [6.07, 6.45) is 4.26. The van der Waals surface area contributed by atoms with Crippen LogP contribution in [0.3, 0.4) is 0 Å². The number of hydrogen-bond donors (Lipinski definition) is 0. The van der Waals surface area contributed by atoms with Crippen LogP contribution in [0.5, 0.6) is 5.75 Å². The standard InChI is InChI=1S/C17H15N5O/c1-2-11-23-16-6-4-3-5-15(16)22-17(14(12-18)20-21-22)13-7-9-19-10-8-13/h3-10H,2,11H2,1H3. The molecule has 0 radical (unpaired) electrons. The lowest BCUT2D eigenvalue weighted by molar-refractivity contribution is 0.316. The average molecular weight is 305 g/mol. The molecule has 6 heteroatoms. The van der Waals surface area contributed by atoms with Crippen molar-refractivity contribution in [3.05, 3.63) is 54.5 Å². The van der Waals surface area contributed by atoms with E-state index in [9.17, 15) is 5.26 Å². The highest BCUT2D eigenvalue weighted by Crippen LogP contribution is 2.29. The molecule has 23 heavy (non-hydrogen) atoms. The fourth-order valence-corrected chi connectivity index (χ4v) is 2.26. The molecule has 6 nitrogen and oxygen atoms in total. The van der Waals surface area contributed by atoms with Crippen molar-refractivity contribution in [2.24, 2.45) is 0 Å². The van der Waals surface area contributed by atoms with Gasteiger partial charge in [-0.25, -0.2) is 4.68 Å². The molecule has 0 aliphatic rings. The summed E-state index contributed by atoms with van der Waals surface area (Å²) in [4.78, 5) is 4.01. The topological polar surface area (TPSA) is 76.6 Å². The van der Waals surface area contributed by atoms with Crippen molar-refractivity contribution in [2.45, 2.75) is 13.3 Å². The highest BCUT2D eigenvalue weighted by molar-refractivity contribution is 5.67. The zero-order valence-corrected chi connectivity index (χ0v) is 12.7. The molecule has 0 aliphatic carbocycles. The van der Waals surface area contributed by atoms with Crippen LogP contribution in [0.4, 0.5) is 0 Å². The summed E-state index contributed by atoms with van der Waals surface area (Å²) in [7, 11) is 0. The summed E-state index contributed by atoms with van der Waals surface area (Å²) in [5, 5.41) is 17.5. The van der Waals surface area contributed by atoms with E-state index in [1.165, 1.54) is 0 Å². The number of nitrogens with zero attached hydrogens (tertiary/aromatic N) is 5. The molecule has 1 aromatic carbocycles. The van der Waals surface area contributed by atoms with Crippen LogP contribution in [0, 0.1) is 11.3 Å². The van der Waals surface area contributed by atoms with Crippen LogP contribution in [-0.2, 0) is 0 Å². The Bertz CT molecular complexity index is 836. The zero-order valence-electron chi connectivity index (χ0n) is 12.7. The van der Waals surface area contributed by atoms with Crippen molar-refractivity contribution < 1.29 is 4.74 Å². The van der Waals surface area contributed by atoms with Crippen molar-refractivity contribution in [2.75, 3.05) is 6.61 Å². The van der Waals surface area contributed by atoms with Gasteiger partial charge in [-0.3, -0.25) is 4.98 Å². The number of hydrogen-bond acceptors (Lipinski definition) is 5. The lowest BCUT2D eigenvalue weighted by atomic mass is 10.1. The van der Waals surface area contributed by atoms with Crippen molar-refractivity contribution in [3.63, 3.8) is 0 Å². The Morgan fingerprint density at radius 2 is 1.96 bits per heavy atom. The maximum Gasteiger partial charge on any atom is 0.191 e. The minimum absolute atomic E-state index is 0.265. The number of rotatable bonds is 5. The number of para-hydroxylation sites is 2. The van der Waals surface area contributed by atoms with Crippen molar-refractivity contribution in [1.82, 2.24) is 20.0 Å². The third-order valence-electron chi connectivity index (χ3n) is 3.29. The van der Waals surface area contributed by atoms with Crippen LogP contribution in [0.1, 0.15) is 19.0 Å². The molecular formula is C17H15N5O. The minimum atomic E-state index is 0.265. The molecule has 0 aliphatic heterocycles. The Labute approximate surface area is 134 Å². The summed E-state index contributed by atoms with van der Waals surface area (Å²) >= 11 is 0. The third-order valence-corrected chi connectivity index (χ3v) is 3.29. The van der Waals surface area contributed by atoms with Crippen LogP contribution in [0.25, 0.3) is 16.9 Å². The van der Waals surface area contributed by atoms with Gasteiger partial charge in [0.2, 0.25) is 0 Å². The second-order valence-electron chi connectivity index (χ2n) is 4.86. The van der Waals surface area contributed by atoms with Crippen LogP contribution < -0.4 is 4.74 Å². The number of aromatic nitrogens is 4. The van der Waals surface area contributed by atoms with Gasteiger partial charge in [0.1, 0.15) is 23.2 Å². The van der Waals surface area contributed by atoms with E-state index in [0.29, 0.717) is 18.1 Å². The first kappa shape index (κ1) is 14.7. The van der Waals surface area contributed by atoms with Crippen molar-refractivity contribution >= 4 is 0 Å². The fraction of sp³-hybridized carbons (Fsp3) is 0.176. The molecule has 0 saturated heterocycles. The molecule has 0 atom stereocenters. The maximum absolute atomic E-state index is 9.34. The van der Waals surface area contributed by atoms with Gasteiger partial charge >= 0.3 is 0 Å². The van der Waals surface area contributed by atoms with Crippen LogP contribution >= 0.6 is 0 Å². The van der Waals surface area contributed by atoms with Gasteiger partial charge in [-0.05, 0) is 30.7 Å². The van der Waals surface area contributed by atoms with E-state index in [-0.39, 0.29) is 5.69 Å². The molecule has 2 heterocycles. The largest absolute Gasteiger partial charge is 0.491 e. The van der Waals surface area contributed by atoms with Gasteiger partial charge in [-0.15, -0.1) is 5.10 Å². The number of benzene rings is 1. The predicted molar refractivity (Wildman–Crippen MR) is 85.1 cm³/mol. The Morgan fingerprint density at radius 3 is 2.70 bits per heavy atom. The van der Waals surface area contributed by atoms with Gasteiger partial charge in [0, 0.05) is 18.0 Å². The Morgan fingerprint density at radius 1 is 1.17 bits per heavy atom. The van der Waals surface area contributed by atoms with Gasteiger partial charge in [-0.2, -0.15) is 5.26 Å². The SMILES string of the molecule is CCCOc1ccccc1-n1nnc(C#N)c1-c1ccncc1. The molecular weight excluding hydrogens is 290 g/mol. The van der Waals surface area contributed by atoms with Crippen LogP contribution in [0.2, 0.25) is 0 Å². The first-order valence-electron chi connectivity index (χ1n) is 7.33. The number of nitriles is 1. The van der Waals surface area contributed by atoms with E-state index in [1.807, 2.05) is 43.3 Å². The van der Waals surface area contributed by atoms with E-state index in [1.54, 1.807) is 17.1 Å². The van der Waals surface area contributed by atoms with Gasteiger partial charge in [-0.1, -0.05) is 24.3 Å². The Kier molecular flexibility index (Phi) is 4.29. The van der Waals surface area contributed by atoms with Crippen LogP contribution in [-0.4, -0.2) is 26.6 Å². The smallest absolute Gasteiger partial charge is 0.191 e. The first-order chi connectivity index (χ1) is 11.3. The highest BCUT2D eigenvalue weighted by Gasteiger charge is 2.18. The molecule has 3 aromatic rings. The van der Waals surface area contributed by atoms with E-state index >= 15 is 0 Å². The monoisotopic (exact) mass is 305 g/mol. The van der Waals surface area contributed by atoms with E-state index < -0.39 is 0 Å². The molecule has 0 N–H and O–H groups in total. The zero-order chi connectivity index (χ0) is 16.1. The second kappa shape index (κ2) is 6.71. The third kappa shape index (κ3) is 2.90. The molecule has 0 spiro atoms. The number of ether oxygens (including phenoxy) is 1. The van der Waals surface area contributed by atoms with Crippen LogP contribution in [0.15, 0.2) is 48.8 Å². The van der Waals surface area contributed by atoms with Gasteiger partial charge < -0.3 is 4.74 Å². The van der Waals surface area contributed by atoms with E-state index in [2.05, 4.69) is 21.4 Å². The summed E-state index contributed by atoms with van der Waals surface area (Å²) in [5.74, 6) is 0.707. The van der Waals surface area contributed by atoms with Gasteiger partial charge in [0.15, 0.2) is 5.69 Å². The molecule has 0 unspecified atom stereocenters. The summed E-state index contributed by atoms with van der Waals surface area (Å²) in [6.45, 7) is 2.66. The first-order valence-corrected chi connectivity index (χ1v) is 7.33. The van der Waals surface area contributed by atoms with E-state index in [0.717, 1.165) is 17.7 Å². The Balaban J connectivity index is 2.16. The second-order valence-corrected chi connectivity index (χ2v) is 4.86.